The number of aryl methyl sites for hydroxylation is 1. The van der Waals surface area contributed by atoms with Crippen molar-refractivity contribution in [3.05, 3.63) is 28.2 Å². The van der Waals surface area contributed by atoms with Crippen LogP contribution in [0.3, 0.4) is 0 Å². The minimum Gasteiger partial charge on any atom is -0.365 e. The highest BCUT2D eigenvalue weighted by Crippen LogP contribution is 2.40. The molecule has 0 aliphatic carbocycles. The van der Waals surface area contributed by atoms with Crippen molar-refractivity contribution in [2.45, 2.75) is 57.2 Å². The summed E-state index contributed by atoms with van der Waals surface area (Å²) in [6.45, 7) is 2.16. The molecule has 2 atom stereocenters. The van der Waals surface area contributed by atoms with Gasteiger partial charge in [-0.25, -0.2) is 0 Å². The number of benzene rings is 1. The maximum atomic E-state index is 3.77. The van der Waals surface area contributed by atoms with Gasteiger partial charge in [-0.15, -0.1) is 0 Å². The molecule has 0 aromatic heterocycles. The lowest BCUT2D eigenvalue weighted by atomic mass is 9.81. The number of nitrogens with one attached hydrogen (secondary N) is 1. The number of rotatable bonds is 2. The maximum absolute atomic E-state index is 3.77. The van der Waals surface area contributed by atoms with Gasteiger partial charge in [-0.3, -0.25) is 0 Å². The molecular weight excluding hydrogens is 300 g/mol. The zero-order valence-electron chi connectivity index (χ0n) is 11.8. The predicted octanol–water partition coefficient (Wildman–Crippen LogP) is 3.87. The first-order chi connectivity index (χ1) is 9.19. The van der Waals surface area contributed by atoms with Crippen molar-refractivity contribution in [1.29, 1.82) is 0 Å². The molecule has 2 heterocycles. The molecule has 3 heteroatoms. The summed E-state index contributed by atoms with van der Waals surface area (Å²) < 4.78 is 1.26. The van der Waals surface area contributed by atoms with Gasteiger partial charge in [-0.1, -0.05) is 6.07 Å². The highest BCUT2D eigenvalue weighted by molar-refractivity contribution is 9.10. The highest BCUT2D eigenvalue weighted by Gasteiger charge is 2.38. The quantitative estimate of drug-likeness (QED) is 0.889. The van der Waals surface area contributed by atoms with E-state index in [9.17, 15) is 0 Å². The topological polar surface area (TPSA) is 15.3 Å². The van der Waals surface area contributed by atoms with Gasteiger partial charge >= 0.3 is 0 Å². The fourth-order valence-electron chi connectivity index (χ4n) is 3.83. The number of anilines is 1. The summed E-state index contributed by atoms with van der Waals surface area (Å²) in [6.07, 6.45) is 6.65. The molecule has 104 valence electrons. The third kappa shape index (κ3) is 2.55. The molecule has 2 aliphatic rings. The second-order valence-electron chi connectivity index (χ2n) is 6.06. The molecule has 2 fully saturated rings. The van der Waals surface area contributed by atoms with Crippen LogP contribution in [0.5, 0.6) is 0 Å². The average Bonchev–Trinajstić information content (AvgIpc) is 2.37. The molecule has 0 spiro atoms. The van der Waals surface area contributed by atoms with Crippen molar-refractivity contribution < 1.29 is 0 Å². The van der Waals surface area contributed by atoms with Gasteiger partial charge in [-0.05, 0) is 79.7 Å². The summed E-state index contributed by atoms with van der Waals surface area (Å²) in [7, 11) is 2.11. The van der Waals surface area contributed by atoms with Crippen molar-refractivity contribution in [2.24, 2.45) is 0 Å². The van der Waals surface area contributed by atoms with E-state index in [-0.39, 0.29) is 0 Å². The first-order valence-electron chi connectivity index (χ1n) is 7.41. The summed E-state index contributed by atoms with van der Waals surface area (Å²) in [5.41, 5.74) is 2.72. The van der Waals surface area contributed by atoms with Gasteiger partial charge in [-0.2, -0.15) is 0 Å². The van der Waals surface area contributed by atoms with Crippen molar-refractivity contribution in [3.8, 4) is 0 Å². The Morgan fingerprint density at radius 1 is 1.21 bits per heavy atom. The number of hydrogen-bond acceptors (Lipinski definition) is 2. The number of fused-ring (bicyclic) bond motifs is 2. The number of nitrogens with zero attached hydrogens (tertiary/aromatic N) is 1. The van der Waals surface area contributed by atoms with Gasteiger partial charge in [0.2, 0.25) is 0 Å². The number of hydrogen-bond donors (Lipinski definition) is 1. The Hall–Kier alpha value is -0.540. The smallest absolute Gasteiger partial charge is 0.0515 e. The van der Waals surface area contributed by atoms with Crippen LogP contribution in [0.1, 0.15) is 37.7 Å². The lowest BCUT2D eigenvalue weighted by molar-refractivity contribution is 0.252. The van der Waals surface area contributed by atoms with Crippen LogP contribution in [0.4, 0.5) is 5.69 Å². The molecule has 0 saturated carbocycles. The fourth-order valence-corrected chi connectivity index (χ4v) is 4.53. The van der Waals surface area contributed by atoms with Crippen molar-refractivity contribution in [2.75, 3.05) is 11.9 Å². The van der Waals surface area contributed by atoms with Gasteiger partial charge in [0, 0.05) is 22.6 Å². The van der Waals surface area contributed by atoms with Gasteiger partial charge in [0.25, 0.3) is 0 Å². The van der Waals surface area contributed by atoms with Crippen LogP contribution < -0.4 is 10.2 Å². The van der Waals surface area contributed by atoms with E-state index in [1.165, 1.54) is 47.8 Å². The zero-order valence-corrected chi connectivity index (χ0v) is 13.4. The van der Waals surface area contributed by atoms with E-state index in [2.05, 4.69) is 58.3 Å². The third-order valence-corrected chi connectivity index (χ3v) is 5.40. The molecule has 2 unspecified atom stereocenters. The van der Waals surface area contributed by atoms with Crippen molar-refractivity contribution in [3.63, 3.8) is 0 Å². The molecule has 2 nitrogen and oxygen atoms in total. The highest BCUT2D eigenvalue weighted by atomic mass is 79.9. The van der Waals surface area contributed by atoms with Crippen LogP contribution >= 0.6 is 15.9 Å². The Labute approximate surface area is 124 Å². The van der Waals surface area contributed by atoms with Crippen LogP contribution in [0.2, 0.25) is 0 Å². The van der Waals surface area contributed by atoms with Crippen molar-refractivity contribution >= 4 is 21.6 Å². The molecular formula is C16H23BrN2. The largest absolute Gasteiger partial charge is 0.365 e. The summed E-state index contributed by atoms with van der Waals surface area (Å²) in [4.78, 5) is 2.70. The Morgan fingerprint density at radius 3 is 2.47 bits per heavy atom. The van der Waals surface area contributed by atoms with Gasteiger partial charge in [0.05, 0.1) is 5.69 Å². The van der Waals surface area contributed by atoms with E-state index in [1.807, 2.05) is 0 Å². The second-order valence-corrected chi connectivity index (χ2v) is 6.91. The Bertz CT molecular complexity index is 446. The molecule has 1 N–H and O–H groups in total. The van der Waals surface area contributed by atoms with E-state index >= 15 is 0 Å². The molecule has 1 aromatic rings. The lowest BCUT2D eigenvalue weighted by Gasteiger charge is -2.50. The van der Waals surface area contributed by atoms with Crippen molar-refractivity contribution in [1.82, 2.24) is 5.32 Å². The van der Waals surface area contributed by atoms with Crippen LogP contribution in [0.15, 0.2) is 22.7 Å². The molecule has 0 amide bonds. The first kappa shape index (κ1) is 13.4. The summed E-state index contributed by atoms with van der Waals surface area (Å²) in [6, 6.07) is 8.91. The minimum atomic E-state index is 0.704. The third-order valence-electron chi connectivity index (χ3n) is 4.76. The predicted molar refractivity (Wildman–Crippen MR) is 84.9 cm³/mol. The molecule has 3 rings (SSSR count). The van der Waals surface area contributed by atoms with E-state index < -0.39 is 0 Å². The molecule has 1 aromatic carbocycles. The summed E-state index contributed by atoms with van der Waals surface area (Å²) in [5, 5.41) is 3.49. The maximum Gasteiger partial charge on any atom is 0.0515 e. The number of piperidine rings is 2. The van der Waals surface area contributed by atoms with E-state index in [0.717, 1.165) is 0 Å². The van der Waals surface area contributed by atoms with Gasteiger partial charge < -0.3 is 10.2 Å². The standard InChI is InChI=1S/C16H23BrN2/c1-11-6-7-16(15(17)8-11)19-13-4-3-5-14(19)10-12(9-13)18-2/h6-8,12-14,18H,3-5,9-10H2,1-2H3. The molecule has 19 heavy (non-hydrogen) atoms. The summed E-state index contributed by atoms with van der Waals surface area (Å²) >= 11 is 3.77. The Kier molecular flexibility index (Phi) is 3.86. The minimum absolute atomic E-state index is 0.704. The van der Waals surface area contributed by atoms with Crippen LogP contribution in [-0.4, -0.2) is 25.2 Å². The van der Waals surface area contributed by atoms with Crippen LogP contribution in [-0.2, 0) is 0 Å². The first-order valence-corrected chi connectivity index (χ1v) is 8.20. The Balaban J connectivity index is 1.91. The second kappa shape index (κ2) is 5.45. The fraction of sp³-hybridized carbons (Fsp3) is 0.625. The molecule has 2 aliphatic heterocycles. The van der Waals surface area contributed by atoms with E-state index in [0.29, 0.717) is 18.1 Å². The van der Waals surface area contributed by atoms with E-state index in [1.54, 1.807) is 0 Å². The summed E-state index contributed by atoms with van der Waals surface area (Å²) in [5.74, 6) is 0. The lowest BCUT2D eigenvalue weighted by Crippen LogP contribution is -2.56. The molecule has 0 radical (unpaired) electrons. The van der Waals surface area contributed by atoms with Gasteiger partial charge in [0.15, 0.2) is 0 Å². The molecule has 2 bridgehead atoms. The van der Waals surface area contributed by atoms with Crippen LogP contribution in [0, 0.1) is 6.92 Å². The molecule has 2 saturated heterocycles. The monoisotopic (exact) mass is 322 g/mol. The number of halogens is 1. The zero-order chi connectivity index (χ0) is 13.4. The van der Waals surface area contributed by atoms with E-state index in [4.69, 9.17) is 0 Å². The van der Waals surface area contributed by atoms with Gasteiger partial charge in [0.1, 0.15) is 0 Å². The normalized spacial score (nSPS) is 30.5. The SMILES string of the molecule is CNC1CC2CCCC(C1)N2c1ccc(C)cc1Br. The average molecular weight is 323 g/mol. The van der Waals surface area contributed by atoms with Crippen LogP contribution in [0.25, 0.3) is 0 Å². The Morgan fingerprint density at radius 2 is 1.89 bits per heavy atom.